The summed E-state index contributed by atoms with van der Waals surface area (Å²) in [5.74, 6) is -0.0672. The maximum atomic E-state index is 12.1. The van der Waals surface area contributed by atoms with Crippen LogP contribution in [0.3, 0.4) is 0 Å². The van der Waals surface area contributed by atoms with Crippen LogP contribution in [0.2, 0.25) is 0 Å². The van der Waals surface area contributed by atoms with E-state index in [4.69, 9.17) is 14.2 Å². The third kappa shape index (κ3) is 4.99. The van der Waals surface area contributed by atoms with Crippen LogP contribution in [0.4, 0.5) is 0 Å². The van der Waals surface area contributed by atoms with Crippen LogP contribution < -0.4 is 14.8 Å². The maximum absolute atomic E-state index is 12.1. The van der Waals surface area contributed by atoms with Crippen molar-refractivity contribution in [3.63, 3.8) is 0 Å². The van der Waals surface area contributed by atoms with Crippen molar-refractivity contribution in [3.8, 4) is 11.5 Å². The molecular formula is C17H19NO5S. The average molecular weight is 349 g/mol. The van der Waals surface area contributed by atoms with Gasteiger partial charge in [-0.2, -0.15) is 0 Å². The van der Waals surface area contributed by atoms with Crippen LogP contribution in [0.15, 0.2) is 35.7 Å². The van der Waals surface area contributed by atoms with Crippen LogP contribution in [-0.4, -0.2) is 39.2 Å². The number of ether oxygens (including phenoxy) is 3. The number of thiophene rings is 1. The molecule has 128 valence electrons. The monoisotopic (exact) mass is 349 g/mol. The summed E-state index contributed by atoms with van der Waals surface area (Å²) in [5, 5.41) is 4.70. The lowest BCUT2D eigenvalue weighted by atomic mass is 10.2. The number of carbonyl (C=O) groups excluding carboxylic acids is 2. The summed E-state index contributed by atoms with van der Waals surface area (Å²) in [6.45, 7) is 0.168. The predicted octanol–water partition coefficient (Wildman–Crippen LogP) is 2.28. The van der Waals surface area contributed by atoms with Gasteiger partial charge >= 0.3 is 5.97 Å². The molecule has 24 heavy (non-hydrogen) atoms. The van der Waals surface area contributed by atoms with Crippen LogP contribution in [0.1, 0.15) is 15.2 Å². The number of benzene rings is 1. The minimum absolute atomic E-state index is 0.240. The second kappa shape index (κ2) is 8.93. The molecule has 6 nitrogen and oxygen atoms in total. The van der Waals surface area contributed by atoms with E-state index in [0.717, 1.165) is 6.42 Å². The van der Waals surface area contributed by atoms with E-state index in [1.165, 1.54) is 25.2 Å². The van der Waals surface area contributed by atoms with Gasteiger partial charge in [-0.05, 0) is 30.0 Å². The van der Waals surface area contributed by atoms with E-state index < -0.39 is 5.97 Å². The SMILES string of the molecule is COc1ccc(C(=O)OCC(=O)NCCc2cccs2)c(OC)c1. The highest BCUT2D eigenvalue weighted by Gasteiger charge is 2.16. The van der Waals surface area contributed by atoms with Gasteiger partial charge < -0.3 is 19.5 Å². The molecule has 0 fully saturated rings. The highest BCUT2D eigenvalue weighted by atomic mass is 32.1. The van der Waals surface area contributed by atoms with E-state index in [1.54, 1.807) is 23.5 Å². The summed E-state index contributed by atoms with van der Waals surface area (Å²) >= 11 is 1.64. The third-order valence-corrected chi connectivity index (χ3v) is 4.17. The summed E-state index contributed by atoms with van der Waals surface area (Å²) in [6, 6.07) is 8.71. The summed E-state index contributed by atoms with van der Waals surface area (Å²) in [4.78, 5) is 25.0. The Kier molecular flexibility index (Phi) is 6.62. The van der Waals surface area contributed by atoms with Gasteiger partial charge in [0.2, 0.25) is 0 Å². The fourth-order valence-corrected chi connectivity index (χ4v) is 2.72. The van der Waals surface area contributed by atoms with E-state index in [0.29, 0.717) is 18.0 Å². The molecule has 0 aliphatic rings. The average Bonchev–Trinajstić information content (AvgIpc) is 3.12. The first-order chi connectivity index (χ1) is 11.6. The Labute approximate surface area is 144 Å². The maximum Gasteiger partial charge on any atom is 0.342 e. The Morgan fingerprint density at radius 1 is 1.17 bits per heavy atom. The lowest BCUT2D eigenvalue weighted by Gasteiger charge is -2.10. The van der Waals surface area contributed by atoms with Gasteiger partial charge in [0.25, 0.3) is 5.91 Å². The number of esters is 1. The first-order valence-electron chi connectivity index (χ1n) is 7.32. The molecule has 1 amide bonds. The van der Waals surface area contributed by atoms with Gasteiger partial charge in [-0.25, -0.2) is 4.79 Å². The molecule has 1 heterocycles. The summed E-state index contributed by atoms with van der Waals surface area (Å²) in [5.41, 5.74) is 0.240. The van der Waals surface area contributed by atoms with E-state index in [1.807, 2.05) is 17.5 Å². The number of hydrogen-bond donors (Lipinski definition) is 1. The van der Waals surface area contributed by atoms with E-state index >= 15 is 0 Å². The number of nitrogens with one attached hydrogen (secondary N) is 1. The van der Waals surface area contributed by atoms with E-state index in [2.05, 4.69) is 5.32 Å². The van der Waals surface area contributed by atoms with Gasteiger partial charge in [0.05, 0.1) is 14.2 Å². The Morgan fingerprint density at radius 3 is 2.67 bits per heavy atom. The third-order valence-electron chi connectivity index (χ3n) is 3.24. The molecule has 0 aliphatic heterocycles. The van der Waals surface area contributed by atoms with Gasteiger partial charge in [-0.1, -0.05) is 6.07 Å². The number of rotatable bonds is 8. The fraction of sp³-hybridized carbons (Fsp3) is 0.294. The number of hydrogen-bond acceptors (Lipinski definition) is 6. The largest absolute Gasteiger partial charge is 0.497 e. The topological polar surface area (TPSA) is 73.9 Å². The second-order valence-electron chi connectivity index (χ2n) is 4.82. The first kappa shape index (κ1) is 17.8. The van der Waals surface area contributed by atoms with Crippen LogP contribution in [0, 0.1) is 0 Å². The van der Waals surface area contributed by atoms with Crippen molar-refractivity contribution in [1.29, 1.82) is 0 Å². The number of carbonyl (C=O) groups is 2. The zero-order valence-corrected chi connectivity index (χ0v) is 14.4. The van der Waals surface area contributed by atoms with E-state index in [-0.39, 0.29) is 18.1 Å². The quantitative estimate of drug-likeness (QED) is 0.740. The second-order valence-corrected chi connectivity index (χ2v) is 5.85. The number of amides is 1. The Morgan fingerprint density at radius 2 is 2.00 bits per heavy atom. The first-order valence-corrected chi connectivity index (χ1v) is 8.20. The van der Waals surface area contributed by atoms with Crippen molar-refractivity contribution in [2.75, 3.05) is 27.4 Å². The van der Waals surface area contributed by atoms with Crippen LogP contribution >= 0.6 is 11.3 Å². The summed E-state index contributed by atoms with van der Waals surface area (Å²) in [6.07, 6.45) is 0.754. The Bertz CT molecular complexity index is 684. The molecule has 0 bridgehead atoms. The number of methoxy groups -OCH3 is 2. The lowest BCUT2D eigenvalue weighted by molar-refractivity contribution is -0.124. The molecule has 0 unspecified atom stereocenters. The van der Waals surface area contributed by atoms with Crippen LogP contribution in [0.25, 0.3) is 0 Å². The molecule has 1 N–H and O–H groups in total. The molecular weight excluding hydrogens is 330 g/mol. The fourth-order valence-electron chi connectivity index (χ4n) is 2.01. The van der Waals surface area contributed by atoms with Gasteiger partial charge in [-0.3, -0.25) is 4.79 Å². The molecule has 2 rings (SSSR count). The molecule has 0 radical (unpaired) electrons. The highest BCUT2D eigenvalue weighted by Crippen LogP contribution is 2.25. The molecule has 0 saturated carbocycles. The smallest absolute Gasteiger partial charge is 0.342 e. The van der Waals surface area contributed by atoms with Gasteiger partial charge in [0.15, 0.2) is 6.61 Å². The van der Waals surface area contributed by atoms with Gasteiger partial charge in [0, 0.05) is 17.5 Å². The molecule has 0 aliphatic carbocycles. The molecule has 0 saturated heterocycles. The zero-order valence-electron chi connectivity index (χ0n) is 13.5. The Balaban J connectivity index is 1.80. The molecule has 0 atom stereocenters. The Hall–Kier alpha value is -2.54. The molecule has 7 heteroatoms. The van der Waals surface area contributed by atoms with Crippen molar-refractivity contribution in [3.05, 3.63) is 46.2 Å². The van der Waals surface area contributed by atoms with Crippen molar-refractivity contribution >= 4 is 23.2 Å². The van der Waals surface area contributed by atoms with Crippen molar-refractivity contribution in [2.45, 2.75) is 6.42 Å². The van der Waals surface area contributed by atoms with Gasteiger partial charge in [0.1, 0.15) is 17.1 Å². The predicted molar refractivity (Wildman–Crippen MR) is 90.9 cm³/mol. The zero-order chi connectivity index (χ0) is 17.4. The normalized spacial score (nSPS) is 10.1. The van der Waals surface area contributed by atoms with Crippen LogP contribution in [-0.2, 0) is 16.0 Å². The van der Waals surface area contributed by atoms with E-state index in [9.17, 15) is 9.59 Å². The molecule has 2 aromatic rings. The van der Waals surface area contributed by atoms with Gasteiger partial charge in [-0.15, -0.1) is 11.3 Å². The van der Waals surface area contributed by atoms with Crippen molar-refractivity contribution in [1.82, 2.24) is 5.32 Å². The minimum Gasteiger partial charge on any atom is -0.497 e. The van der Waals surface area contributed by atoms with Crippen molar-refractivity contribution in [2.24, 2.45) is 0 Å². The minimum atomic E-state index is -0.622. The highest BCUT2D eigenvalue weighted by molar-refractivity contribution is 7.09. The van der Waals surface area contributed by atoms with Crippen molar-refractivity contribution < 1.29 is 23.8 Å². The standard InChI is InChI=1S/C17H19NO5S/c1-21-12-5-6-14(15(10-12)22-2)17(20)23-11-16(19)18-8-7-13-4-3-9-24-13/h3-6,9-10H,7-8,11H2,1-2H3,(H,18,19). The summed E-state index contributed by atoms with van der Waals surface area (Å²) < 4.78 is 15.2. The molecule has 1 aromatic carbocycles. The molecule has 0 spiro atoms. The van der Waals surface area contributed by atoms with Crippen LogP contribution in [0.5, 0.6) is 11.5 Å². The summed E-state index contributed by atoms with van der Waals surface area (Å²) in [7, 11) is 2.97. The lowest BCUT2D eigenvalue weighted by Crippen LogP contribution is -2.30. The molecule has 1 aromatic heterocycles.